The van der Waals surface area contributed by atoms with Crippen molar-refractivity contribution in [3.63, 3.8) is 0 Å². The average molecular weight is 291 g/mol. The molecule has 4 rings (SSSR count). The highest BCUT2D eigenvalue weighted by Gasteiger charge is 2.17. The second kappa shape index (κ2) is 5.58. The zero-order valence-corrected chi connectivity index (χ0v) is 13.0. The number of fused-ring (bicyclic) bond motifs is 2. The van der Waals surface area contributed by atoms with Gasteiger partial charge in [0.05, 0.1) is 17.6 Å². The van der Waals surface area contributed by atoms with Gasteiger partial charge in [-0.05, 0) is 41.7 Å². The molecule has 22 heavy (non-hydrogen) atoms. The topological polar surface area (TPSA) is 31.9 Å². The Balaban J connectivity index is 1.54. The van der Waals surface area contributed by atoms with E-state index in [1.54, 1.807) is 0 Å². The maximum absolute atomic E-state index is 4.74. The normalized spacial score (nSPS) is 15.1. The van der Waals surface area contributed by atoms with Gasteiger partial charge in [-0.1, -0.05) is 37.3 Å². The third-order valence-corrected chi connectivity index (χ3v) is 4.59. The van der Waals surface area contributed by atoms with E-state index in [2.05, 4.69) is 59.3 Å². The Labute approximate surface area is 131 Å². The van der Waals surface area contributed by atoms with Crippen LogP contribution in [0.3, 0.4) is 0 Å². The number of benzene rings is 2. The molecule has 0 radical (unpaired) electrons. The molecule has 2 heterocycles. The Hall–Kier alpha value is -2.13. The van der Waals surface area contributed by atoms with Gasteiger partial charge in [-0.2, -0.15) is 0 Å². The van der Waals surface area contributed by atoms with E-state index < -0.39 is 0 Å². The monoisotopic (exact) mass is 291 g/mol. The van der Waals surface area contributed by atoms with Gasteiger partial charge in [0.25, 0.3) is 0 Å². The lowest BCUT2D eigenvalue weighted by Gasteiger charge is -2.27. The molecule has 0 atom stereocenters. The van der Waals surface area contributed by atoms with Gasteiger partial charge in [0.15, 0.2) is 0 Å². The van der Waals surface area contributed by atoms with E-state index in [0.29, 0.717) is 0 Å². The molecular formula is C19H21N3. The van der Waals surface area contributed by atoms with Crippen molar-refractivity contribution in [1.29, 1.82) is 0 Å². The quantitative estimate of drug-likeness (QED) is 0.798. The number of hydrogen-bond acceptors (Lipinski definition) is 2. The van der Waals surface area contributed by atoms with Gasteiger partial charge in [-0.25, -0.2) is 4.98 Å². The minimum Gasteiger partial charge on any atom is -0.341 e. The summed E-state index contributed by atoms with van der Waals surface area (Å²) in [7, 11) is 0. The molecule has 1 aromatic heterocycles. The Bertz CT molecular complexity index is 803. The number of aryl methyl sites for hydroxylation is 1. The van der Waals surface area contributed by atoms with Crippen LogP contribution in [0.2, 0.25) is 0 Å². The number of hydrogen-bond donors (Lipinski definition) is 1. The first-order valence-electron chi connectivity index (χ1n) is 8.08. The standard InChI is InChI=1S/C19H21N3/c1-2-14-7-8-17-18(11-14)21-19(20-17)13-22-10-9-15-5-3-4-6-16(15)12-22/h3-8,11H,2,9-10,12-13H2,1H3,(H,20,21). The predicted molar refractivity (Wildman–Crippen MR) is 89.7 cm³/mol. The van der Waals surface area contributed by atoms with Crippen molar-refractivity contribution in [2.24, 2.45) is 0 Å². The van der Waals surface area contributed by atoms with Crippen LogP contribution >= 0.6 is 0 Å². The third kappa shape index (κ3) is 2.53. The first kappa shape index (κ1) is 13.5. The van der Waals surface area contributed by atoms with Crippen LogP contribution in [0.15, 0.2) is 42.5 Å². The summed E-state index contributed by atoms with van der Waals surface area (Å²) in [5.41, 5.74) is 6.54. The lowest BCUT2D eigenvalue weighted by atomic mass is 10.00. The van der Waals surface area contributed by atoms with Crippen molar-refractivity contribution in [3.05, 3.63) is 65.0 Å². The molecule has 0 bridgehead atoms. The van der Waals surface area contributed by atoms with Crippen LogP contribution < -0.4 is 0 Å². The van der Waals surface area contributed by atoms with E-state index in [4.69, 9.17) is 4.98 Å². The number of nitrogens with one attached hydrogen (secondary N) is 1. The Morgan fingerprint density at radius 3 is 2.86 bits per heavy atom. The van der Waals surface area contributed by atoms with Gasteiger partial charge >= 0.3 is 0 Å². The maximum Gasteiger partial charge on any atom is 0.121 e. The fourth-order valence-electron chi connectivity index (χ4n) is 3.31. The Kier molecular flexibility index (Phi) is 3.43. The molecule has 0 saturated carbocycles. The van der Waals surface area contributed by atoms with Crippen molar-refractivity contribution in [3.8, 4) is 0 Å². The fraction of sp³-hybridized carbons (Fsp3) is 0.316. The van der Waals surface area contributed by atoms with Gasteiger partial charge in [-0.3, -0.25) is 4.90 Å². The summed E-state index contributed by atoms with van der Waals surface area (Å²) in [6.45, 7) is 5.20. The van der Waals surface area contributed by atoms with Crippen molar-refractivity contribution in [2.45, 2.75) is 32.9 Å². The first-order chi connectivity index (χ1) is 10.8. The van der Waals surface area contributed by atoms with Crippen molar-refractivity contribution >= 4 is 11.0 Å². The SMILES string of the molecule is CCc1ccc2nc(CN3CCc4ccccc4C3)[nH]c2c1. The molecule has 0 saturated heterocycles. The summed E-state index contributed by atoms with van der Waals surface area (Å²) in [6.07, 6.45) is 2.20. The minimum atomic E-state index is 0.893. The zero-order valence-electron chi connectivity index (χ0n) is 13.0. The molecule has 112 valence electrons. The number of aromatic nitrogens is 2. The molecule has 1 aliphatic rings. The second-order valence-corrected chi connectivity index (χ2v) is 6.12. The lowest BCUT2D eigenvalue weighted by molar-refractivity contribution is 0.240. The summed E-state index contributed by atoms with van der Waals surface area (Å²) >= 11 is 0. The van der Waals surface area contributed by atoms with Crippen LogP contribution in [0.5, 0.6) is 0 Å². The number of aromatic amines is 1. The second-order valence-electron chi connectivity index (χ2n) is 6.12. The number of nitrogens with zero attached hydrogens (tertiary/aromatic N) is 2. The number of rotatable bonds is 3. The summed E-state index contributed by atoms with van der Waals surface area (Å²) in [4.78, 5) is 10.7. The van der Waals surface area contributed by atoms with Gasteiger partial charge in [0.2, 0.25) is 0 Å². The van der Waals surface area contributed by atoms with Gasteiger partial charge in [0.1, 0.15) is 5.82 Å². The van der Waals surface area contributed by atoms with Crippen LogP contribution in [-0.4, -0.2) is 21.4 Å². The predicted octanol–water partition coefficient (Wildman–Crippen LogP) is 3.68. The van der Waals surface area contributed by atoms with E-state index in [-0.39, 0.29) is 0 Å². The van der Waals surface area contributed by atoms with Gasteiger partial charge in [-0.15, -0.1) is 0 Å². The highest BCUT2D eigenvalue weighted by Crippen LogP contribution is 2.21. The van der Waals surface area contributed by atoms with Crippen LogP contribution in [0.4, 0.5) is 0 Å². The maximum atomic E-state index is 4.74. The zero-order chi connectivity index (χ0) is 14.9. The van der Waals surface area contributed by atoms with E-state index in [1.807, 2.05) is 0 Å². The third-order valence-electron chi connectivity index (χ3n) is 4.59. The number of H-pyrrole nitrogens is 1. The molecule has 1 aliphatic heterocycles. The highest BCUT2D eigenvalue weighted by molar-refractivity contribution is 5.75. The van der Waals surface area contributed by atoms with Crippen LogP contribution in [0.1, 0.15) is 29.4 Å². The Morgan fingerprint density at radius 2 is 2.00 bits per heavy atom. The summed E-state index contributed by atoms with van der Waals surface area (Å²) in [5.74, 6) is 1.07. The molecule has 2 aromatic carbocycles. The van der Waals surface area contributed by atoms with Crippen molar-refractivity contribution < 1.29 is 0 Å². The molecule has 3 heteroatoms. The highest BCUT2D eigenvalue weighted by atomic mass is 15.2. The average Bonchev–Trinajstić information content (AvgIpc) is 2.95. The van der Waals surface area contributed by atoms with E-state index >= 15 is 0 Å². The van der Waals surface area contributed by atoms with Gasteiger partial charge in [0, 0.05) is 13.1 Å². The molecule has 1 N–H and O–H groups in total. The summed E-state index contributed by atoms with van der Waals surface area (Å²) in [5, 5.41) is 0. The van der Waals surface area contributed by atoms with E-state index in [1.165, 1.54) is 16.7 Å². The first-order valence-corrected chi connectivity index (χ1v) is 8.08. The lowest BCUT2D eigenvalue weighted by Crippen LogP contribution is -2.30. The molecule has 0 unspecified atom stereocenters. The van der Waals surface area contributed by atoms with E-state index in [9.17, 15) is 0 Å². The molecule has 0 amide bonds. The largest absolute Gasteiger partial charge is 0.341 e. The smallest absolute Gasteiger partial charge is 0.121 e. The van der Waals surface area contributed by atoms with Crippen molar-refractivity contribution in [2.75, 3.05) is 6.54 Å². The van der Waals surface area contributed by atoms with E-state index in [0.717, 1.165) is 49.3 Å². The minimum absolute atomic E-state index is 0.893. The number of imidazole rings is 1. The molecule has 3 nitrogen and oxygen atoms in total. The molecule has 0 fully saturated rings. The fourth-order valence-corrected chi connectivity index (χ4v) is 3.31. The Morgan fingerprint density at radius 1 is 1.14 bits per heavy atom. The molecule has 0 aliphatic carbocycles. The van der Waals surface area contributed by atoms with Crippen molar-refractivity contribution in [1.82, 2.24) is 14.9 Å². The molecule has 3 aromatic rings. The molecule has 0 spiro atoms. The van der Waals surface area contributed by atoms with Crippen LogP contribution in [-0.2, 0) is 25.9 Å². The molecular weight excluding hydrogens is 270 g/mol. The summed E-state index contributed by atoms with van der Waals surface area (Å²) in [6, 6.07) is 15.3. The van der Waals surface area contributed by atoms with Crippen LogP contribution in [0, 0.1) is 0 Å². The van der Waals surface area contributed by atoms with Gasteiger partial charge < -0.3 is 4.98 Å². The van der Waals surface area contributed by atoms with Crippen LogP contribution in [0.25, 0.3) is 11.0 Å². The summed E-state index contributed by atoms with van der Waals surface area (Å²) < 4.78 is 0.